The maximum Gasteiger partial charge on any atom is 0.0665 e. The molecular formula is C8H11ClN2. The minimum atomic E-state index is 0.550. The fourth-order valence-electron chi connectivity index (χ4n) is 0.953. The zero-order valence-corrected chi connectivity index (χ0v) is 7.47. The molecule has 0 N–H and O–H groups in total. The topological polar surface area (TPSA) is 17.8 Å². The molecule has 0 atom stereocenters. The van der Waals surface area contributed by atoms with Gasteiger partial charge in [-0.1, -0.05) is 12.2 Å². The normalized spacial score (nSPS) is 11.2. The first kappa shape index (κ1) is 8.34. The van der Waals surface area contributed by atoms with Crippen molar-refractivity contribution in [3.63, 3.8) is 0 Å². The van der Waals surface area contributed by atoms with E-state index in [9.17, 15) is 0 Å². The van der Waals surface area contributed by atoms with E-state index in [1.54, 1.807) is 4.68 Å². The third-order valence-corrected chi connectivity index (χ3v) is 1.62. The molecule has 2 nitrogen and oxygen atoms in total. The van der Waals surface area contributed by atoms with Crippen LogP contribution in [0.2, 0.25) is 0 Å². The van der Waals surface area contributed by atoms with Gasteiger partial charge in [-0.3, -0.25) is 4.68 Å². The summed E-state index contributed by atoms with van der Waals surface area (Å²) < 4.78 is 1.79. The zero-order chi connectivity index (χ0) is 8.27. The van der Waals surface area contributed by atoms with E-state index in [2.05, 4.69) is 5.10 Å². The molecule has 0 aromatic carbocycles. The van der Waals surface area contributed by atoms with Crippen molar-refractivity contribution in [3.05, 3.63) is 23.5 Å². The number of hydrogen-bond donors (Lipinski definition) is 0. The van der Waals surface area contributed by atoms with Crippen molar-refractivity contribution in [2.75, 3.05) is 5.88 Å². The Morgan fingerprint density at radius 2 is 2.45 bits per heavy atom. The van der Waals surface area contributed by atoms with Crippen LogP contribution < -0.4 is 0 Å². The van der Waals surface area contributed by atoms with Crippen molar-refractivity contribution in [1.82, 2.24) is 9.78 Å². The van der Waals surface area contributed by atoms with E-state index in [-0.39, 0.29) is 0 Å². The van der Waals surface area contributed by atoms with E-state index in [4.69, 9.17) is 11.6 Å². The minimum absolute atomic E-state index is 0.550. The van der Waals surface area contributed by atoms with Crippen LogP contribution in [-0.2, 0) is 7.05 Å². The third-order valence-electron chi connectivity index (χ3n) is 1.44. The molecule has 0 aliphatic carbocycles. The van der Waals surface area contributed by atoms with E-state index < -0.39 is 0 Å². The van der Waals surface area contributed by atoms with Crippen LogP contribution in [0.3, 0.4) is 0 Å². The van der Waals surface area contributed by atoms with Crippen LogP contribution >= 0.6 is 11.6 Å². The smallest absolute Gasteiger partial charge is 0.0665 e. The largest absolute Gasteiger partial charge is 0.275 e. The van der Waals surface area contributed by atoms with Crippen LogP contribution in [0.15, 0.2) is 12.3 Å². The molecule has 60 valence electrons. The molecule has 1 heterocycles. The predicted molar refractivity (Wildman–Crippen MR) is 47.7 cm³/mol. The second-order valence-electron chi connectivity index (χ2n) is 2.40. The number of alkyl halides is 1. The summed E-state index contributed by atoms with van der Waals surface area (Å²) in [5, 5.41) is 4.19. The van der Waals surface area contributed by atoms with E-state index >= 15 is 0 Å². The van der Waals surface area contributed by atoms with Gasteiger partial charge in [0.05, 0.1) is 5.69 Å². The Labute approximate surface area is 71.5 Å². The van der Waals surface area contributed by atoms with E-state index in [1.807, 2.05) is 32.3 Å². The van der Waals surface area contributed by atoms with E-state index in [0.717, 1.165) is 11.3 Å². The highest BCUT2D eigenvalue weighted by Gasteiger charge is 1.96. The molecule has 1 aromatic heterocycles. The molecule has 0 unspecified atom stereocenters. The van der Waals surface area contributed by atoms with Crippen molar-refractivity contribution in [3.8, 4) is 0 Å². The summed E-state index contributed by atoms with van der Waals surface area (Å²) in [6, 6.07) is 0. The summed E-state index contributed by atoms with van der Waals surface area (Å²) in [6.45, 7) is 1.98. The lowest BCUT2D eigenvalue weighted by atomic mass is 10.2. The maximum atomic E-state index is 5.50. The second kappa shape index (κ2) is 3.58. The van der Waals surface area contributed by atoms with Gasteiger partial charge in [-0.05, 0) is 6.92 Å². The molecule has 0 aliphatic heterocycles. The van der Waals surface area contributed by atoms with Gasteiger partial charge in [0.25, 0.3) is 0 Å². The quantitative estimate of drug-likeness (QED) is 0.621. The third kappa shape index (κ3) is 2.09. The van der Waals surface area contributed by atoms with Crippen LogP contribution in [0, 0.1) is 6.92 Å². The number of halogens is 1. The molecule has 3 heteroatoms. The standard InChI is InChI=1S/C8H11ClN2/c1-7-8(4-3-5-9)6-11(2)10-7/h3-4,6H,5H2,1-2H3/b4-3+. The number of nitrogens with zero attached hydrogens (tertiary/aromatic N) is 2. The lowest BCUT2D eigenvalue weighted by Gasteiger charge is -1.83. The summed E-state index contributed by atoms with van der Waals surface area (Å²) in [5.74, 6) is 0.550. The Morgan fingerprint density at radius 1 is 1.73 bits per heavy atom. The van der Waals surface area contributed by atoms with Gasteiger partial charge in [-0.15, -0.1) is 11.6 Å². The first-order valence-corrected chi connectivity index (χ1v) is 4.00. The summed E-state index contributed by atoms with van der Waals surface area (Å²) >= 11 is 5.50. The Hall–Kier alpha value is -0.760. The number of aryl methyl sites for hydroxylation is 2. The van der Waals surface area contributed by atoms with Crippen LogP contribution in [0.4, 0.5) is 0 Å². The molecule has 0 saturated carbocycles. The molecule has 1 rings (SSSR count). The van der Waals surface area contributed by atoms with Gasteiger partial charge in [0.2, 0.25) is 0 Å². The van der Waals surface area contributed by atoms with Gasteiger partial charge in [0.1, 0.15) is 0 Å². The Kier molecular flexibility index (Phi) is 2.71. The van der Waals surface area contributed by atoms with Gasteiger partial charge in [-0.2, -0.15) is 5.10 Å². The molecule has 0 radical (unpaired) electrons. The van der Waals surface area contributed by atoms with Crippen LogP contribution in [0.5, 0.6) is 0 Å². The van der Waals surface area contributed by atoms with Crippen LogP contribution in [0.1, 0.15) is 11.3 Å². The van der Waals surface area contributed by atoms with Gasteiger partial charge in [0.15, 0.2) is 0 Å². The van der Waals surface area contributed by atoms with Crippen molar-refractivity contribution in [2.24, 2.45) is 7.05 Å². The van der Waals surface area contributed by atoms with Gasteiger partial charge in [0, 0.05) is 24.7 Å². The Bertz CT molecular complexity index is 263. The molecule has 0 amide bonds. The number of hydrogen-bond acceptors (Lipinski definition) is 1. The van der Waals surface area contributed by atoms with Crippen molar-refractivity contribution >= 4 is 17.7 Å². The first-order valence-electron chi connectivity index (χ1n) is 3.47. The average Bonchev–Trinajstić information content (AvgIpc) is 2.26. The average molecular weight is 171 g/mol. The molecule has 11 heavy (non-hydrogen) atoms. The highest BCUT2D eigenvalue weighted by atomic mass is 35.5. The van der Waals surface area contributed by atoms with Crippen molar-refractivity contribution < 1.29 is 0 Å². The highest BCUT2D eigenvalue weighted by Crippen LogP contribution is 2.06. The SMILES string of the molecule is Cc1nn(C)cc1/C=C/CCl. The number of aromatic nitrogens is 2. The number of rotatable bonds is 2. The molecule has 1 aromatic rings. The highest BCUT2D eigenvalue weighted by molar-refractivity contribution is 6.19. The predicted octanol–water partition coefficient (Wildman–Crippen LogP) is 1.98. The summed E-state index contributed by atoms with van der Waals surface area (Å²) in [4.78, 5) is 0. The zero-order valence-electron chi connectivity index (χ0n) is 6.71. The molecule has 0 aliphatic rings. The summed E-state index contributed by atoms with van der Waals surface area (Å²) in [6.07, 6.45) is 5.86. The number of allylic oxidation sites excluding steroid dienone is 1. The second-order valence-corrected chi connectivity index (χ2v) is 2.71. The molecular weight excluding hydrogens is 160 g/mol. The van der Waals surface area contributed by atoms with E-state index in [0.29, 0.717) is 5.88 Å². The summed E-state index contributed by atoms with van der Waals surface area (Å²) in [7, 11) is 1.91. The molecule has 0 bridgehead atoms. The maximum absolute atomic E-state index is 5.50. The van der Waals surface area contributed by atoms with E-state index in [1.165, 1.54) is 0 Å². The van der Waals surface area contributed by atoms with Crippen LogP contribution in [-0.4, -0.2) is 15.7 Å². The van der Waals surface area contributed by atoms with Gasteiger partial charge in [-0.25, -0.2) is 0 Å². The fourth-order valence-corrected chi connectivity index (χ4v) is 1.04. The van der Waals surface area contributed by atoms with Crippen molar-refractivity contribution in [1.29, 1.82) is 0 Å². The van der Waals surface area contributed by atoms with Gasteiger partial charge >= 0.3 is 0 Å². The lowest BCUT2D eigenvalue weighted by Crippen LogP contribution is -1.86. The molecule has 0 fully saturated rings. The van der Waals surface area contributed by atoms with Crippen molar-refractivity contribution in [2.45, 2.75) is 6.92 Å². The lowest BCUT2D eigenvalue weighted by molar-refractivity contribution is 0.756. The van der Waals surface area contributed by atoms with Gasteiger partial charge < -0.3 is 0 Å². The minimum Gasteiger partial charge on any atom is -0.275 e. The summed E-state index contributed by atoms with van der Waals surface area (Å²) in [5.41, 5.74) is 2.17. The fraction of sp³-hybridized carbons (Fsp3) is 0.375. The Morgan fingerprint density at radius 3 is 2.91 bits per heavy atom. The molecule has 0 spiro atoms. The molecule has 0 saturated heterocycles. The Balaban J connectivity index is 2.85. The van der Waals surface area contributed by atoms with Crippen LogP contribution in [0.25, 0.3) is 6.08 Å². The first-order chi connectivity index (χ1) is 5.24. The monoisotopic (exact) mass is 170 g/mol.